The molecule has 0 saturated heterocycles. The molecule has 36 heavy (non-hydrogen) atoms. The molecule has 6 rings (SSSR count). The number of para-hydroxylation sites is 2. The summed E-state index contributed by atoms with van der Waals surface area (Å²) in [7, 11) is 1.64. The molecule has 178 valence electrons. The summed E-state index contributed by atoms with van der Waals surface area (Å²) in [4.78, 5) is 28.2. The van der Waals surface area contributed by atoms with Crippen LogP contribution in [0.4, 0.5) is 0 Å². The topological polar surface area (TPSA) is 100 Å². The lowest BCUT2D eigenvalue weighted by atomic mass is 10.1. The highest BCUT2D eigenvalue weighted by molar-refractivity contribution is 6.04. The molecule has 0 spiro atoms. The Morgan fingerprint density at radius 2 is 1.75 bits per heavy atom. The average molecular weight is 479 g/mol. The van der Waals surface area contributed by atoms with Gasteiger partial charge in [0.05, 0.1) is 30.6 Å². The Labute approximate surface area is 205 Å². The van der Waals surface area contributed by atoms with Gasteiger partial charge in [-0.15, -0.1) is 0 Å². The normalized spacial score (nSPS) is 11.8. The summed E-state index contributed by atoms with van der Waals surface area (Å²) >= 11 is 0. The second-order valence-electron chi connectivity index (χ2n) is 8.37. The van der Waals surface area contributed by atoms with E-state index in [4.69, 9.17) is 24.1 Å². The van der Waals surface area contributed by atoms with Crippen molar-refractivity contribution in [1.82, 2.24) is 24.2 Å². The number of furan rings is 1. The molecule has 4 heterocycles. The monoisotopic (exact) mass is 478 g/mol. The van der Waals surface area contributed by atoms with Gasteiger partial charge in [0.25, 0.3) is 5.56 Å². The largest absolute Gasteiger partial charge is 0.497 e. The number of methoxy groups -OCH3 is 1. The summed E-state index contributed by atoms with van der Waals surface area (Å²) in [6.45, 7) is 2.30. The van der Waals surface area contributed by atoms with Gasteiger partial charge in [0.2, 0.25) is 0 Å². The minimum atomic E-state index is -0.174. The maximum absolute atomic E-state index is 13.8. The zero-order valence-electron chi connectivity index (χ0n) is 19.8. The molecule has 0 saturated carbocycles. The fourth-order valence-electron chi connectivity index (χ4n) is 4.30. The van der Waals surface area contributed by atoms with E-state index in [9.17, 15) is 4.79 Å². The highest BCUT2D eigenvalue weighted by Gasteiger charge is 2.21. The summed E-state index contributed by atoms with van der Waals surface area (Å²) in [6, 6.07) is 19.0. The summed E-state index contributed by atoms with van der Waals surface area (Å²) in [6.07, 6.45) is 3.81. The molecule has 9 heteroatoms. The smallest absolute Gasteiger partial charge is 0.265 e. The molecule has 2 aromatic carbocycles. The number of hydrogen-bond acceptors (Lipinski definition) is 7. The van der Waals surface area contributed by atoms with E-state index in [0.29, 0.717) is 57.8 Å². The highest BCUT2D eigenvalue weighted by atomic mass is 16.5. The fraction of sp³-hybridized carbons (Fsp3) is 0.148. The molecule has 0 atom stereocenters. The van der Waals surface area contributed by atoms with Gasteiger partial charge >= 0.3 is 0 Å². The van der Waals surface area contributed by atoms with E-state index in [1.807, 2.05) is 55.5 Å². The van der Waals surface area contributed by atoms with E-state index < -0.39 is 0 Å². The van der Waals surface area contributed by atoms with Gasteiger partial charge in [-0.2, -0.15) is 9.78 Å². The van der Waals surface area contributed by atoms with Crippen molar-refractivity contribution in [2.24, 2.45) is 5.10 Å². The summed E-state index contributed by atoms with van der Waals surface area (Å²) in [5.41, 5.74) is 3.67. The van der Waals surface area contributed by atoms with Crippen LogP contribution in [0.2, 0.25) is 0 Å². The maximum atomic E-state index is 13.8. The number of aromatic nitrogens is 5. The second-order valence-corrected chi connectivity index (χ2v) is 8.37. The Bertz CT molecular complexity index is 1800. The lowest BCUT2D eigenvalue weighted by Gasteiger charge is -2.10. The van der Waals surface area contributed by atoms with Crippen molar-refractivity contribution in [3.05, 3.63) is 94.4 Å². The molecule has 4 aromatic heterocycles. The minimum Gasteiger partial charge on any atom is -0.497 e. The second kappa shape index (κ2) is 8.77. The zero-order chi connectivity index (χ0) is 24.6. The average Bonchev–Trinajstić information content (AvgIpc) is 3.52. The van der Waals surface area contributed by atoms with E-state index in [-0.39, 0.29) is 5.56 Å². The number of hydrogen-bond donors (Lipinski definition) is 0. The number of benzene rings is 2. The van der Waals surface area contributed by atoms with Crippen LogP contribution in [0.3, 0.4) is 0 Å². The van der Waals surface area contributed by atoms with E-state index in [1.54, 1.807) is 41.0 Å². The number of fused-ring (bicyclic) bond motifs is 4. The summed E-state index contributed by atoms with van der Waals surface area (Å²) in [5.74, 6) is 1.95. The third-order valence-electron chi connectivity index (χ3n) is 6.16. The fourth-order valence-corrected chi connectivity index (χ4v) is 4.30. The van der Waals surface area contributed by atoms with Crippen LogP contribution in [0.25, 0.3) is 33.2 Å². The van der Waals surface area contributed by atoms with Crippen molar-refractivity contribution in [3.63, 3.8) is 0 Å². The van der Waals surface area contributed by atoms with Crippen molar-refractivity contribution in [2.45, 2.75) is 19.9 Å². The van der Waals surface area contributed by atoms with E-state index >= 15 is 0 Å². The van der Waals surface area contributed by atoms with Gasteiger partial charge in [0.15, 0.2) is 11.3 Å². The Morgan fingerprint density at radius 1 is 0.972 bits per heavy atom. The number of aryl methyl sites for hydroxylation is 2. The van der Waals surface area contributed by atoms with Crippen LogP contribution < -0.4 is 10.3 Å². The Balaban J connectivity index is 1.53. The van der Waals surface area contributed by atoms with Gasteiger partial charge in [0.1, 0.15) is 28.2 Å². The van der Waals surface area contributed by atoms with E-state index in [2.05, 4.69) is 5.10 Å². The number of nitrogens with zero attached hydrogens (tertiary/aromatic N) is 6. The van der Waals surface area contributed by atoms with E-state index in [0.717, 1.165) is 11.3 Å². The number of ether oxygens (including phenoxy) is 1. The van der Waals surface area contributed by atoms with Gasteiger partial charge in [0, 0.05) is 6.54 Å². The molecule has 0 fully saturated rings. The van der Waals surface area contributed by atoms with Crippen molar-refractivity contribution in [2.75, 3.05) is 7.11 Å². The van der Waals surface area contributed by atoms with Gasteiger partial charge in [-0.1, -0.05) is 24.3 Å². The van der Waals surface area contributed by atoms with Crippen LogP contribution in [-0.4, -0.2) is 37.5 Å². The first-order valence-electron chi connectivity index (χ1n) is 11.5. The van der Waals surface area contributed by atoms with Crippen LogP contribution in [0.15, 0.2) is 81.2 Å². The van der Waals surface area contributed by atoms with Crippen LogP contribution in [-0.2, 0) is 13.0 Å². The molecule has 0 amide bonds. The zero-order valence-corrected chi connectivity index (χ0v) is 19.8. The van der Waals surface area contributed by atoms with Crippen molar-refractivity contribution >= 4 is 39.4 Å². The van der Waals surface area contributed by atoms with Crippen LogP contribution in [0.1, 0.15) is 17.1 Å². The molecule has 0 radical (unpaired) electrons. The lowest BCUT2D eigenvalue weighted by Crippen LogP contribution is -2.25. The van der Waals surface area contributed by atoms with Crippen LogP contribution in [0, 0.1) is 6.92 Å². The molecule has 6 aromatic rings. The first-order chi connectivity index (χ1) is 17.6. The Morgan fingerprint density at radius 3 is 2.47 bits per heavy atom. The SMILES string of the molecule is COc1ccc(CCn2c(C)nc3c(c2=O)c2nc4ccccc4nc2n3/N=C/c2ccco2)cc1. The minimum absolute atomic E-state index is 0.174. The molecular formula is C27H22N6O3. The van der Waals surface area contributed by atoms with Crippen molar-refractivity contribution < 1.29 is 9.15 Å². The van der Waals surface area contributed by atoms with Crippen LogP contribution >= 0.6 is 0 Å². The maximum Gasteiger partial charge on any atom is 0.265 e. The molecule has 0 aliphatic rings. The number of rotatable bonds is 6. The van der Waals surface area contributed by atoms with Gasteiger partial charge < -0.3 is 9.15 Å². The molecule has 0 bridgehead atoms. The quantitative estimate of drug-likeness (QED) is 0.330. The van der Waals surface area contributed by atoms with Gasteiger partial charge in [-0.3, -0.25) is 9.36 Å². The Kier molecular flexibility index (Phi) is 5.29. The predicted molar refractivity (Wildman–Crippen MR) is 138 cm³/mol. The summed E-state index contributed by atoms with van der Waals surface area (Å²) < 4.78 is 13.9. The predicted octanol–water partition coefficient (Wildman–Crippen LogP) is 4.33. The first-order valence-corrected chi connectivity index (χ1v) is 11.5. The molecule has 9 nitrogen and oxygen atoms in total. The van der Waals surface area contributed by atoms with Crippen molar-refractivity contribution in [3.8, 4) is 5.75 Å². The summed E-state index contributed by atoms with van der Waals surface area (Å²) in [5, 5.41) is 4.96. The standard InChI is InChI=1S/C27H22N6O3/c1-17-29-25-23(27(34)32(17)14-13-18-9-11-19(35-2)12-10-18)24-26(31-22-8-4-3-7-21(22)30-24)33(25)28-16-20-6-5-15-36-20/h3-12,15-16H,13-14H2,1-2H3/b28-16+. The molecule has 0 aliphatic carbocycles. The highest BCUT2D eigenvalue weighted by Crippen LogP contribution is 2.25. The third-order valence-corrected chi connectivity index (χ3v) is 6.16. The van der Waals surface area contributed by atoms with Gasteiger partial charge in [-0.05, 0) is 55.3 Å². The molecule has 0 unspecified atom stereocenters. The molecular weight excluding hydrogens is 456 g/mol. The first kappa shape index (κ1) is 21.7. The van der Waals surface area contributed by atoms with Gasteiger partial charge in [-0.25, -0.2) is 15.0 Å². The molecule has 0 N–H and O–H groups in total. The van der Waals surface area contributed by atoms with E-state index in [1.165, 1.54) is 0 Å². The van der Waals surface area contributed by atoms with Crippen LogP contribution in [0.5, 0.6) is 5.75 Å². The third kappa shape index (κ3) is 3.70. The Hall–Kier alpha value is -4.79. The van der Waals surface area contributed by atoms with Crippen molar-refractivity contribution in [1.29, 1.82) is 0 Å². The molecule has 0 aliphatic heterocycles. The lowest BCUT2D eigenvalue weighted by molar-refractivity contribution is 0.414.